The lowest BCUT2D eigenvalue weighted by Crippen LogP contribution is -2.31. The predicted molar refractivity (Wildman–Crippen MR) is 69.3 cm³/mol. The minimum atomic E-state index is -1.23. The third-order valence-corrected chi connectivity index (χ3v) is 3.40. The first-order valence-electron chi connectivity index (χ1n) is 6.12. The molecule has 3 rings (SSSR count). The van der Waals surface area contributed by atoms with Gasteiger partial charge in [-0.2, -0.15) is 5.10 Å². The molecule has 0 unspecified atom stereocenters. The van der Waals surface area contributed by atoms with Crippen molar-refractivity contribution >= 4 is 17.6 Å². The standard InChI is InChI=1S/C13H12N4O3/c18-11(13(5-6-13)12(19)20)16-9-1-3-10(4-2-9)17-8-14-7-15-17/h1-4,7-8H,5-6H2,(H,16,18)(H,19,20). The molecule has 1 aromatic heterocycles. The topological polar surface area (TPSA) is 97.1 Å². The van der Waals surface area contributed by atoms with Crippen molar-refractivity contribution in [3.05, 3.63) is 36.9 Å². The Hall–Kier alpha value is -2.70. The zero-order valence-corrected chi connectivity index (χ0v) is 10.5. The Bertz CT molecular complexity index is 645. The van der Waals surface area contributed by atoms with Crippen molar-refractivity contribution in [1.82, 2.24) is 14.8 Å². The number of benzene rings is 1. The highest BCUT2D eigenvalue weighted by Crippen LogP contribution is 2.46. The fraction of sp³-hybridized carbons (Fsp3) is 0.231. The van der Waals surface area contributed by atoms with E-state index in [9.17, 15) is 9.59 Å². The first-order valence-corrected chi connectivity index (χ1v) is 6.12. The minimum absolute atomic E-state index is 0.394. The zero-order chi connectivity index (χ0) is 14.2. The van der Waals surface area contributed by atoms with E-state index in [2.05, 4.69) is 15.4 Å². The van der Waals surface area contributed by atoms with Gasteiger partial charge in [0.15, 0.2) is 0 Å². The Morgan fingerprint density at radius 2 is 1.95 bits per heavy atom. The first-order chi connectivity index (χ1) is 9.62. The van der Waals surface area contributed by atoms with Gasteiger partial charge in [0.2, 0.25) is 5.91 Å². The molecule has 20 heavy (non-hydrogen) atoms. The summed E-state index contributed by atoms with van der Waals surface area (Å²) in [6, 6.07) is 6.94. The fourth-order valence-electron chi connectivity index (χ4n) is 1.95. The number of aliphatic carboxylic acids is 1. The summed E-state index contributed by atoms with van der Waals surface area (Å²) in [5, 5.41) is 15.7. The lowest BCUT2D eigenvalue weighted by Gasteiger charge is -2.11. The molecule has 0 bridgehead atoms. The van der Waals surface area contributed by atoms with Gasteiger partial charge in [0.25, 0.3) is 0 Å². The third kappa shape index (κ3) is 2.03. The number of carboxylic acids is 1. The maximum Gasteiger partial charge on any atom is 0.319 e. The van der Waals surface area contributed by atoms with Crippen LogP contribution in [-0.4, -0.2) is 31.7 Å². The number of hydrogen-bond acceptors (Lipinski definition) is 4. The molecule has 0 atom stereocenters. The molecule has 2 aromatic rings. The molecule has 7 heteroatoms. The molecular formula is C13H12N4O3. The SMILES string of the molecule is O=C(O)C1(C(=O)Nc2ccc(-n3cncn3)cc2)CC1. The highest BCUT2D eigenvalue weighted by molar-refractivity contribution is 6.10. The quantitative estimate of drug-likeness (QED) is 0.811. The number of amides is 1. The van der Waals surface area contributed by atoms with E-state index in [0.29, 0.717) is 18.5 Å². The smallest absolute Gasteiger partial charge is 0.319 e. The van der Waals surface area contributed by atoms with Gasteiger partial charge in [-0.25, -0.2) is 9.67 Å². The summed E-state index contributed by atoms with van der Waals surface area (Å²) >= 11 is 0. The molecule has 2 N–H and O–H groups in total. The van der Waals surface area contributed by atoms with Gasteiger partial charge >= 0.3 is 5.97 Å². The van der Waals surface area contributed by atoms with E-state index in [1.54, 1.807) is 35.3 Å². The average Bonchev–Trinajstić information content (AvgIpc) is 3.09. The molecule has 1 saturated carbocycles. The van der Waals surface area contributed by atoms with Gasteiger partial charge in [-0.15, -0.1) is 0 Å². The molecule has 1 fully saturated rings. The van der Waals surface area contributed by atoms with Crippen LogP contribution in [0.3, 0.4) is 0 Å². The van der Waals surface area contributed by atoms with Crippen LogP contribution in [0.25, 0.3) is 5.69 Å². The Morgan fingerprint density at radius 1 is 1.25 bits per heavy atom. The van der Waals surface area contributed by atoms with Crippen molar-refractivity contribution in [2.45, 2.75) is 12.8 Å². The number of nitrogens with one attached hydrogen (secondary N) is 1. The molecule has 102 valence electrons. The summed E-state index contributed by atoms with van der Waals surface area (Å²) in [5.41, 5.74) is 0.135. The molecule has 0 aliphatic heterocycles. The van der Waals surface area contributed by atoms with Crippen molar-refractivity contribution in [2.75, 3.05) is 5.32 Å². The summed E-state index contributed by atoms with van der Waals surface area (Å²) in [6.07, 6.45) is 3.78. The van der Waals surface area contributed by atoms with Gasteiger partial charge in [0, 0.05) is 5.69 Å². The summed E-state index contributed by atoms with van der Waals surface area (Å²) in [7, 11) is 0. The van der Waals surface area contributed by atoms with Crippen molar-refractivity contribution in [2.24, 2.45) is 5.41 Å². The molecule has 0 saturated heterocycles. The molecule has 1 heterocycles. The average molecular weight is 272 g/mol. The van der Waals surface area contributed by atoms with Crippen molar-refractivity contribution in [3.63, 3.8) is 0 Å². The Kier molecular flexibility index (Phi) is 2.74. The van der Waals surface area contributed by atoms with E-state index in [1.807, 2.05) is 0 Å². The second-order valence-corrected chi connectivity index (χ2v) is 4.73. The van der Waals surface area contributed by atoms with E-state index in [4.69, 9.17) is 5.11 Å². The first kappa shape index (κ1) is 12.3. The highest BCUT2D eigenvalue weighted by atomic mass is 16.4. The second-order valence-electron chi connectivity index (χ2n) is 4.73. The van der Waals surface area contributed by atoms with Crippen LogP contribution in [0.1, 0.15) is 12.8 Å². The molecule has 0 radical (unpaired) electrons. The van der Waals surface area contributed by atoms with Crippen LogP contribution in [0.2, 0.25) is 0 Å². The fourth-order valence-corrected chi connectivity index (χ4v) is 1.95. The number of carboxylic acid groups (broad SMARTS) is 1. The Labute approximate surface area is 114 Å². The van der Waals surface area contributed by atoms with Gasteiger partial charge in [-0.05, 0) is 37.1 Å². The summed E-state index contributed by atoms with van der Waals surface area (Å²) in [6.45, 7) is 0. The molecule has 1 aliphatic rings. The summed E-state index contributed by atoms with van der Waals surface area (Å²) < 4.78 is 1.59. The largest absolute Gasteiger partial charge is 0.480 e. The van der Waals surface area contributed by atoms with Gasteiger partial charge in [0.05, 0.1) is 5.69 Å². The number of carbonyl (C=O) groups excluding carboxylic acids is 1. The van der Waals surface area contributed by atoms with E-state index >= 15 is 0 Å². The molecule has 0 spiro atoms. The lowest BCUT2D eigenvalue weighted by atomic mass is 10.1. The van der Waals surface area contributed by atoms with Gasteiger partial charge in [-0.1, -0.05) is 0 Å². The van der Waals surface area contributed by atoms with E-state index < -0.39 is 17.3 Å². The van der Waals surface area contributed by atoms with E-state index in [-0.39, 0.29) is 0 Å². The van der Waals surface area contributed by atoms with Crippen LogP contribution in [0.4, 0.5) is 5.69 Å². The lowest BCUT2D eigenvalue weighted by molar-refractivity contribution is -0.147. The Morgan fingerprint density at radius 3 is 2.45 bits per heavy atom. The van der Waals surface area contributed by atoms with Crippen molar-refractivity contribution < 1.29 is 14.7 Å². The minimum Gasteiger partial charge on any atom is -0.480 e. The number of carbonyl (C=O) groups is 2. The van der Waals surface area contributed by atoms with Crippen LogP contribution in [0, 0.1) is 5.41 Å². The van der Waals surface area contributed by atoms with Crippen molar-refractivity contribution in [3.8, 4) is 5.69 Å². The summed E-state index contributed by atoms with van der Waals surface area (Å²) in [5.74, 6) is -1.52. The normalized spacial score (nSPS) is 15.6. The third-order valence-electron chi connectivity index (χ3n) is 3.40. The van der Waals surface area contributed by atoms with Gasteiger partial charge in [0.1, 0.15) is 18.1 Å². The number of hydrogen-bond donors (Lipinski definition) is 2. The molecule has 1 aliphatic carbocycles. The molecule has 7 nitrogen and oxygen atoms in total. The zero-order valence-electron chi connectivity index (χ0n) is 10.5. The van der Waals surface area contributed by atoms with E-state index in [1.165, 1.54) is 6.33 Å². The number of nitrogens with zero attached hydrogens (tertiary/aromatic N) is 3. The highest BCUT2D eigenvalue weighted by Gasteiger charge is 2.57. The van der Waals surface area contributed by atoms with E-state index in [0.717, 1.165) is 5.69 Å². The number of anilines is 1. The number of rotatable bonds is 4. The predicted octanol–water partition coefficient (Wildman–Crippen LogP) is 1.07. The van der Waals surface area contributed by atoms with Gasteiger partial charge < -0.3 is 10.4 Å². The second kappa shape index (κ2) is 4.44. The van der Waals surface area contributed by atoms with Crippen LogP contribution in [-0.2, 0) is 9.59 Å². The molecular weight excluding hydrogens is 260 g/mol. The Balaban J connectivity index is 1.73. The van der Waals surface area contributed by atoms with Crippen LogP contribution >= 0.6 is 0 Å². The summed E-state index contributed by atoms with van der Waals surface area (Å²) in [4.78, 5) is 26.8. The van der Waals surface area contributed by atoms with Crippen LogP contribution in [0.15, 0.2) is 36.9 Å². The number of aromatic nitrogens is 3. The maximum absolute atomic E-state index is 11.9. The van der Waals surface area contributed by atoms with Crippen LogP contribution < -0.4 is 5.32 Å². The van der Waals surface area contributed by atoms with Crippen LogP contribution in [0.5, 0.6) is 0 Å². The monoisotopic (exact) mass is 272 g/mol. The van der Waals surface area contributed by atoms with Crippen molar-refractivity contribution in [1.29, 1.82) is 0 Å². The molecule has 1 amide bonds. The molecule has 1 aromatic carbocycles. The maximum atomic E-state index is 11.9. The van der Waals surface area contributed by atoms with Gasteiger partial charge in [-0.3, -0.25) is 9.59 Å².